The van der Waals surface area contributed by atoms with Crippen LogP contribution in [0, 0.1) is 5.92 Å². The Labute approximate surface area is 147 Å². The predicted octanol–water partition coefficient (Wildman–Crippen LogP) is 3.82. The summed E-state index contributed by atoms with van der Waals surface area (Å²) >= 11 is 0. The van der Waals surface area contributed by atoms with E-state index in [1.807, 2.05) is 0 Å². The highest BCUT2D eigenvalue weighted by atomic mass is 15.5. The van der Waals surface area contributed by atoms with Crippen molar-refractivity contribution in [3.05, 3.63) is 35.4 Å². The van der Waals surface area contributed by atoms with Gasteiger partial charge < -0.3 is 5.73 Å². The van der Waals surface area contributed by atoms with Gasteiger partial charge in [-0.2, -0.15) is 0 Å². The van der Waals surface area contributed by atoms with E-state index in [1.165, 1.54) is 36.8 Å². The first kappa shape index (κ1) is 18.8. The summed E-state index contributed by atoms with van der Waals surface area (Å²) in [4.78, 5) is 4.48. The minimum absolute atomic E-state index is 0.187. The highest BCUT2D eigenvalue weighted by molar-refractivity contribution is 5.77. The minimum atomic E-state index is 0.187. The second-order valence-electron chi connectivity index (χ2n) is 7.98. The van der Waals surface area contributed by atoms with Crippen LogP contribution in [0.1, 0.15) is 64.5 Å². The molecule has 1 aromatic rings. The summed E-state index contributed by atoms with van der Waals surface area (Å²) in [5.41, 5.74) is 12.0. The van der Waals surface area contributed by atoms with Gasteiger partial charge in [0.05, 0.1) is 6.54 Å². The van der Waals surface area contributed by atoms with E-state index < -0.39 is 0 Å². The molecule has 134 valence electrons. The molecule has 1 aromatic carbocycles. The Kier molecular flexibility index (Phi) is 6.67. The zero-order valence-corrected chi connectivity index (χ0v) is 15.8. The fourth-order valence-corrected chi connectivity index (χ4v) is 3.23. The number of rotatable bonds is 5. The molecule has 1 fully saturated rings. The predicted molar refractivity (Wildman–Crippen MR) is 103 cm³/mol. The van der Waals surface area contributed by atoms with E-state index in [4.69, 9.17) is 5.73 Å². The highest BCUT2D eigenvalue weighted by Crippen LogP contribution is 2.22. The van der Waals surface area contributed by atoms with Gasteiger partial charge in [-0.15, -0.1) is 0 Å². The molecule has 4 heteroatoms. The standard InChI is InChI=1S/C20H34N4/c1-5-6-16-11-13-24(14-12-16)23-19(21)22-15-17-7-9-18(10-8-17)20(2,3)4/h7-10,16H,5-6,11-15H2,1-4H3,(H3,21,22,23). The van der Waals surface area contributed by atoms with E-state index >= 15 is 0 Å². The molecule has 2 rings (SSSR count). The Morgan fingerprint density at radius 2 is 1.83 bits per heavy atom. The molecule has 1 heterocycles. The molecule has 1 saturated heterocycles. The number of nitrogens with two attached hydrogens (primary N) is 1. The van der Waals surface area contributed by atoms with Crippen molar-refractivity contribution >= 4 is 5.96 Å². The van der Waals surface area contributed by atoms with Gasteiger partial charge in [0.25, 0.3) is 0 Å². The molecule has 1 aliphatic rings. The molecule has 0 atom stereocenters. The van der Waals surface area contributed by atoms with Crippen LogP contribution < -0.4 is 11.2 Å². The summed E-state index contributed by atoms with van der Waals surface area (Å²) in [5, 5.41) is 2.20. The molecule has 0 bridgehead atoms. The number of hydrogen-bond acceptors (Lipinski definition) is 2. The first-order valence-corrected chi connectivity index (χ1v) is 9.29. The highest BCUT2D eigenvalue weighted by Gasteiger charge is 2.18. The van der Waals surface area contributed by atoms with E-state index in [2.05, 4.69) is 67.4 Å². The molecule has 0 saturated carbocycles. The quantitative estimate of drug-likeness (QED) is 0.637. The molecular formula is C20H34N4. The number of piperidine rings is 1. The third-order valence-electron chi connectivity index (χ3n) is 4.84. The van der Waals surface area contributed by atoms with Gasteiger partial charge in [-0.05, 0) is 35.3 Å². The lowest BCUT2D eigenvalue weighted by atomic mass is 9.87. The monoisotopic (exact) mass is 330 g/mol. The Morgan fingerprint density at radius 3 is 2.38 bits per heavy atom. The molecule has 0 radical (unpaired) electrons. The molecule has 4 nitrogen and oxygen atoms in total. The van der Waals surface area contributed by atoms with Gasteiger partial charge in [-0.25, -0.2) is 10.0 Å². The molecule has 0 aliphatic carbocycles. The van der Waals surface area contributed by atoms with Crippen LogP contribution in [0.25, 0.3) is 0 Å². The molecule has 0 spiro atoms. The maximum Gasteiger partial charge on any atom is 0.203 e. The molecular weight excluding hydrogens is 296 g/mol. The van der Waals surface area contributed by atoms with Crippen LogP contribution in [0.4, 0.5) is 0 Å². The second kappa shape index (κ2) is 8.52. The van der Waals surface area contributed by atoms with Gasteiger partial charge in [0, 0.05) is 13.1 Å². The normalized spacial score (nSPS) is 17.9. The summed E-state index contributed by atoms with van der Waals surface area (Å²) < 4.78 is 0. The van der Waals surface area contributed by atoms with Gasteiger partial charge in [-0.1, -0.05) is 64.8 Å². The van der Waals surface area contributed by atoms with Crippen molar-refractivity contribution in [2.45, 2.75) is 65.3 Å². The second-order valence-corrected chi connectivity index (χ2v) is 7.98. The van der Waals surface area contributed by atoms with Crippen molar-refractivity contribution < 1.29 is 0 Å². The number of guanidine groups is 1. The number of benzene rings is 1. The summed E-state index contributed by atoms with van der Waals surface area (Å²) in [6.07, 6.45) is 5.14. The summed E-state index contributed by atoms with van der Waals surface area (Å²) in [6.45, 7) is 11.7. The maximum atomic E-state index is 6.04. The summed E-state index contributed by atoms with van der Waals surface area (Å²) in [5.74, 6) is 1.40. The van der Waals surface area contributed by atoms with Gasteiger partial charge in [0.15, 0.2) is 0 Å². The van der Waals surface area contributed by atoms with Crippen LogP contribution in [-0.4, -0.2) is 24.1 Å². The Morgan fingerprint density at radius 1 is 1.21 bits per heavy atom. The third-order valence-corrected chi connectivity index (χ3v) is 4.84. The average molecular weight is 331 g/mol. The minimum Gasteiger partial charge on any atom is -0.369 e. The van der Waals surface area contributed by atoms with Crippen LogP contribution in [-0.2, 0) is 12.0 Å². The lowest BCUT2D eigenvalue weighted by Crippen LogP contribution is -2.49. The van der Waals surface area contributed by atoms with Gasteiger partial charge in [0.1, 0.15) is 0 Å². The number of nitrogens with zero attached hydrogens (tertiary/aromatic N) is 2. The van der Waals surface area contributed by atoms with Crippen molar-refractivity contribution in [3.8, 4) is 0 Å². The Balaban J connectivity index is 1.80. The van der Waals surface area contributed by atoms with Gasteiger partial charge in [0.2, 0.25) is 5.96 Å². The lowest BCUT2D eigenvalue weighted by molar-refractivity contribution is 0.150. The SMILES string of the molecule is CCCC1CCN(NC(N)=NCc2ccc(C(C)(C)C)cc2)CC1. The van der Waals surface area contributed by atoms with E-state index in [1.54, 1.807) is 0 Å². The van der Waals surface area contributed by atoms with E-state index in [-0.39, 0.29) is 5.41 Å². The van der Waals surface area contributed by atoms with Crippen molar-refractivity contribution in [2.75, 3.05) is 13.1 Å². The molecule has 24 heavy (non-hydrogen) atoms. The maximum absolute atomic E-state index is 6.04. The number of nitrogens with one attached hydrogen (secondary N) is 1. The molecule has 0 amide bonds. The van der Waals surface area contributed by atoms with Crippen molar-refractivity contribution in [1.82, 2.24) is 10.4 Å². The smallest absolute Gasteiger partial charge is 0.203 e. The van der Waals surface area contributed by atoms with Crippen LogP contribution >= 0.6 is 0 Å². The Bertz CT molecular complexity index is 520. The summed E-state index contributed by atoms with van der Waals surface area (Å²) in [6, 6.07) is 8.67. The van der Waals surface area contributed by atoms with Gasteiger partial charge in [-0.3, -0.25) is 5.43 Å². The largest absolute Gasteiger partial charge is 0.369 e. The van der Waals surface area contributed by atoms with Crippen molar-refractivity contribution in [2.24, 2.45) is 16.6 Å². The van der Waals surface area contributed by atoms with Crippen molar-refractivity contribution in [3.63, 3.8) is 0 Å². The van der Waals surface area contributed by atoms with Gasteiger partial charge >= 0.3 is 0 Å². The van der Waals surface area contributed by atoms with Crippen LogP contribution in [0.3, 0.4) is 0 Å². The van der Waals surface area contributed by atoms with E-state index in [9.17, 15) is 0 Å². The average Bonchev–Trinajstić information content (AvgIpc) is 2.55. The van der Waals surface area contributed by atoms with Crippen molar-refractivity contribution in [1.29, 1.82) is 0 Å². The number of hydrogen-bond donors (Lipinski definition) is 2. The van der Waals surface area contributed by atoms with Crippen LogP contribution in [0.2, 0.25) is 0 Å². The number of aliphatic imine (C=N–C) groups is 1. The molecule has 0 aromatic heterocycles. The molecule has 3 N–H and O–H groups in total. The fraction of sp³-hybridized carbons (Fsp3) is 0.650. The number of hydrazine groups is 1. The van der Waals surface area contributed by atoms with E-state index in [0.717, 1.165) is 19.0 Å². The Hall–Kier alpha value is -1.55. The fourth-order valence-electron chi connectivity index (χ4n) is 3.23. The van der Waals surface area contributed by atoms with Crippen LogP contribution in [0.5, 0.6) is 0 Å². The van der Waals surface area contributed by atoms with E-state index in [0.29, 0.717) is 12.5 Å². The molecule has 1 aliphatic heterocycles. The first-order chi connectivity index (χ1) is 11.4. The topological polar surface area (TPSA) is 53.6 Å². The zero-order chi connectivity index (χ0) is 17.6. The van der Waals surface area contributed by atoms with Crippen LogP contribution in [0.15, 0.2) is 29.3 Å². The first-order valence-electron chi connectivity index (χ1n) is 9.29. The lowest BCUT2D eigenvalue weighted by Gasteiger charge is -2.32. The molecule has 0 unspecified atom stereocenters. The zero-order valence-electron chi connectivity index (χ0n) is 15.8. The summed E-state index contributed by atoms with van der Waals surface area (Å²) in [7, 11) is 0. The third kappa shape index (κ3) is 5.82.